The zero-order chi connectivity index (χ0) is 18.4. The van der Waals surface area contributed by atoms with Gasteiger partial charge in [0.25, 0.3) is 0 Å². The third kappa shape index (κ3) is 4.11. The second kappa shape index (κ2) is 8.34. The van der Waals surface area contributed by atoms with E-state index in [1.165, 1.54) is 0 Å². The van der Waals surface area contributed by atoms with Gasteiger partial charge in [0.1, 0.15) is 6.04 Å². The molecule has 2 heterocycles. The van der Waals surface area contributed by atoms with E-state index in [9.17, 15) is 4.91 Å². The van der Waals surface area contributed by atoms with Crippen LogP contribution in [0, 0.1) is 4.91 Å². The van der Waals surface area contributed by atoms with Gasteiger partial charge in [0.15, 0.2) is 0 Å². The van der Waals surface area contributed by atoms with E-state index >= 15 is 0 Å². The Hall–Kier alpha value is -3.08. The molecule has 132 valence electrons. The first kappa shape index (κ1) is 17.7. The molecule has 0 saturated carbocycles. The van der Waals surface area contributed by atoms with Crippen molar-refractivity contribution in [3.05, 3.63) is 94.9 Å². The molecule has 0 spiro atoms. The van der Waals surface area contributed by atoms with Crippen LogP contribution in [-0.2, 0) is 0 Å². The summed E-state index contributed by atoms with van der Waals surface area (Å²) in [6.07, 6.45) is 5.72. The van der Waals surface area contributed by atoms with Crippen molar-refractivity contribution in [2.45, 2.75) is 18.4 Å². The molecule has 0 saturated heterocycles. The predicted molar refractivity (Wildman–Crippen MR) is 104 cm³/mol. The number of pyridine rings is 2. The van der Waals surface area contributed by atoms with Gasteiger partial charge < -0.3 is 4.90 Å². The summed E-state index contributed by atoms with van der Waals surface area (Å²) >= 11 is 0. The Morgan fingerprint density at radius 2 is 1.65 bits per heavy atom. The summed E-state index contributed by atoms with van der Waals surface area (Å²) in [4.78, 5) is 22.2. The standard InChI is InChI=1S/C21H22N4O/c1-25(2)18-8-6-16(7-9-18)19(20-5-3-4-12-23-20)15-21(24-26)17-10-13-22-14-11-17/h3-14,19,21H,15H2,1-2H3. The summed E-state index contributed by atoms with van der Waals surface area (Å²) < 4.78 is 0. The van der Waals surface area contributed by atoms with Gasteiger partial charge in [-0.1, -0.05) is 23.4 Å². The average molecular weight is 346 g/mol. The maximum Gasteiger partial charge on any atom is 0.118 e. The Morgan fingerprint density at radius 1 is 0.923 bits per heavy atom. The van der Waals surface area contributed by atoms with Crippen LogP contribution in [0.5, 0.6) is 0 Å². The molecular weight excluding hydrogens is 324 g/mol. The zero-order valence-corrected chi connectivity index (χ0v) is 15.0. The molecule has 5 nitrogen and oxygen atoms in total. The Labute approximate surface area is 153 Å². The number of nitroso groups, excluding NO2 is 1. The lowest BCUT2D eigenvalue weighted by Crippen LogP contribution is -2.10. The quantitative estimate of drug-likeness (QED) is 0.588. The van der Waals surface area contributed by atoms with Crippen LogP contribution in [0.25, 0.3) is 0 Å². The summed E-state index contributed by atoms with van der Waals surface area (Å²) in [5.74, 6) is -0.0109. The van der Waals surface area contributed by atoms with E-state index in [4.69, 9.17) is 0 Å². The fraction of sp³-hybridized carbons (Fsp3) is 0.238. The average Bonchev–Trinajstić information content (AvgIpc) is 2.70. The third-order valence-electron chi connectivity index (χ3n) is 4.53. The molecule has 3 aromatic rings. The number of hydrogen-bond acceptors (Lipinski definition) is 5. The van der Waals surface area contributed by atoms with Gasteiger partial charge in [-0.3, -0.25) is 9.97 Å². The van der Waals surface area contributed by atoms with Gasteiger partial charge >= 0.3 is 0 Å². The highest BCUT2D eigenvalue weighted by atomic mass is 16.3. The summed E-state index contributed by atoms with van der Waals surface area (Å²) in [5, 5.41) is 3.38. The Morgan fingerprint density at radius 3 is 2.23 bits per heavy atom. The fourth-order valence-electron chi connectivity index (χ4n) is 3.06. The minimum atomic E-state index is -0.446. The maximum atomic E-state index is 11.5. The third-order valence-corrected chi connectivity index (χ3v) is 4.53. The van der Waals surface area contributed by atoms with Crippen molar-refractivity contribution in [2.75, 3.05) is 19.0 Å². The molecule has 0 fully saturated rings. The fourth-order valence-corrected chi connectivity index (χ4v) is 3.06. The molecule has 3 rings (SSSR count). The molecule has 0 aliphatic carbocycles. The van der Waals surface area contributed by atoms with Crippen molar-refractivity contribution in [1.82, 2.24) is 9.97 Å². The van der Waals surface area contributed by atoms with E-state index in [0.29, 0.717) is 6.42 Å². The smallest absolute Gasteiger partial charge is 0.118 e. The largest absolute Gasteiger partial charge is 0.378 e. The molecule has 0 aliphatic heterocycles. The molecule has 5 heteroatoms. The molecule has 0 radical (unpaired) electrons. The highest BCUT2D eigenvalue weighted by Gasteiger charge is 2.23. The summed E-state index contributed by atoms with van der Waals surface area (Å²) in [6.45, 7) is 0. The van der Waals surface area contributed by atoms with E-state index < -0.39 is 6.04 Å². The topological polar surface area (TPSA) is 58.5 Å². The van der Waals surface area contributed by atoms with E-state index in [1.807, 2.05) is 44.4 Å². The Bertz CT molecular complexity index is 820. The monoisotopic (exact) mass is 346 g/mol. The number of benzene rings is 1. The molecule has 0 bridgehead atoms. The van der Waals surface area contributed by atoms with E-state index in [-0.39, 0.29) is 5.92 Å². The van der Waals surface area contributed by atoms with E-state index in [0.717, 1.165) is 22.5 Å². The van der Waals surface area contributed by atoms with Crippen LogP contribution < -0.4 is 4.90 Å². The number of rotatable bonds is 7. The second-order valence-electron chi connectivity index (χ2n) is 6.43. The molecule has 1 aromatic carbocycles. The number of nitrogens with zero attached hydrogens (tertiary/aromatic N) is 4. The van der Waals surface area contributed by atoms with Crippen molar-refractivity contribution in [3.63, 3.8) is 0 Å². The Kier molecular flexibility index (Phi) is 5.69. The molecule has 0 amide bonds. The van der Waals surface area contributed by atoms with Crippen LogP contribution in [0.3, 0.4) is 0 Å². The summed E-state index contributed by atoms with van der Waals surface area (Å²) in [7, 11) is 4.03. The highest BCUT2D eigenvalue weighted by Crippen LogP contribution is 2.35. The van der Waals surface area contributed by atoms with Gasteiger partial charge in [-0.25, -0.2) is 0 Å². The number of aromatic nitrogens is 2. The number of hydrogen-bond donors (Lipinski definition) is 0. The van der Waals surface area contributed by atoms with Crippen LogP contribution in [0.1, 0.15) is 35.2 Å². The van der Waals surface area contributed by atoms with Crippen molar-refractivity contribution in [1.29, 1.82) is 0 Å². The first-order chi connectivity index (χ1) is 12.7. The van der Waals surface area contributed by atoms with Gasteiger partial charge in [-0.15, -0.1) is 0 Å². The molecular formula is C21H22N4O. The van der Waals surface area contributed by atoms with Crippen molar-refractivity contribution < 1.29 is 0 Å². The minimum absolute atomic E-state index is 0.0109. The lowest BCUT2D eigenvalue weighted by molar-refractivity contribution is 0.585. The second-order valence-corrected chi connectivity index (χ2v) is 6.43. The molecule has 0 N–H and O–H groups in total. The first-order valence-electron chi connectivity index (χ1n) is 8.59. The predicted octanol–water partition coefficient (Wildman–Crippen LogP) is 4.57. The first-order valence-corrected chi connectivity index (χ1v) is 8.59. The van der Waals surface area contributed by atoms with E-state index in [1.54, 1.807) is 18.6 Å². The van der Waals surface area contributed by atoms with Gasteiger partial charge in [-0.2, -0.15) is 4.91 Å². The summed E-state index contributed by atoms with van der Waals surface area (Å²) in [6, 6.07) is 17.5. The Balaban J connectivity index is 1.94. The van der Waals surface area contributed by atoms with Gasteiger partial charge in [-0.05, 0) is 53.9 Å². The highest BCUT2D eigenvalue weighted by molar-refractivity contribution is 5.47. The summed E-state index contributed by atoms with van der Waals surface area (Å²) in [5.41, 5.74) is 4.07. The van der Waals surface area contributed by atoms with Gasteiger partial charge in [0, 0.05) is 50.0 Å². The maximum absolute atomic E-state index is 11.5. The molecule has 2 unspecified atom stereocenters. The van der Waals surface area contributed by atoms with Gasteiger partial charge in [0.2, 0.25) is 0 Å². The molecule has 2 atom stereocenters. The van der Waals surface area contributed by atoms with Crippen molar-refractivity contribution in [2.24, 2.45) is 5.18 Å². The lowest BCUT2D eigenvalue weighted by atomic mass is 9.87. The van der Waals surface area contributed by atoms with Gasteiger partial charge in [0.05, 0.1) is 0 Å². The van der Waals surface area contributed by atoms with Crippen molar-refractivity contribution in [3.8, 4) is 0 Å². The normalized spacial score (nSPS) is 13.0. The van der Waals surface area contributed by atoms with Crippen LogP contribution in [0.15, 0.2) is 78.4 Å². The van der Waals surface area contributed by atoms with Crippen LogP contribution >= 0.6 is 0 Å². The molecule has 0 aliphatic rings. The minimum Gasteiger partial charge on any atom is -0.378 e. The molecule has 2 aromatic heterocycles. The molecule has 26 heavy (non-hydrogen) atoms. The van der Waals surface area contributed by atoms with E-state index in [2.05, 4.69) is 44.3 Å². The van der Waals surface area contributed by atoms with Crippen LogP contribution in [-0.4, -0.2) is 24.1 Å². The zero-order valence-electron chi connectivity index (χ0n) is 15.0. The SMILES string of the molecule is CN(C)c1ccc(C(CC(N=O)c2ccncc2)c2ccccn2)cc1. The van der Waals surface area contributed by atoms with Crippen LogP contribution in [0.4, 0.5) is 5.69 Å². The number of anilines is 1. The lowest BCUT2D eigenvalue weighted by Gasteiger charge is -2.21. The van der Waals surface area contributed by atoms with Crippen molar-refractivity contribution >= 4 is 5.69 Å². The van der Waals surface area contributed by atoms with Crippen LogP contribution in [0.2, 0.25) is 0 Å².